The summed E-state index contributed by atoms with van der Waals surface area (Å²) in [6.07, 6.45) is 5.61. The van der Waals surface area contributed by atoms with E-state index in [4.69, 9.17) is 0 Å². The van der Waals surface area contributed by atoms with Gasteiger partial charge in [0.05, 0.1) is 0 Å². The first-order valence-electron chi connectivity index (χ1n) is 10.5. The number of amides is 1. The van der Waals surface area contributed by atoms with E-state index in [1.807, 2.05) is 43.1 Å². The monoisotopic (exact) mass is 428 g/mol. The zero-order chi connectivity index (χ0) is 21.3. The predicted octanol–water partition coefficient (Wildman–Crippen LogP) is 2.41. The standard InChI is InChI=1S/C22H32N6OS/c1-17-16-18(2)25-22(24-17)26-20(8-15-30-3)21(29)28-13-11-27(12-14-28)10-7-19-6-4-5-9-23-19/h4-6,9,16,20H,7-8,10-15H2,1-3H3,(H,24,25,26)/t20-/m1/s1. The molecule has 162 valence electrons. The molecule has 3 rings (SSSR count). The number of nitrogens with zero attached hydrogens (tertiary/aromatic N) is 5. The van der Waals surface area contributed by atoms with Gasteiger partial charge in [-0.15, -0.1) is 0 Å². The third-order valence-electron chi connectivity index (χ3n) is 5.29. The number of thioether (sulfide) groups is 1. The Morgan fingerprint density at radius 3 is 2.53 bits per heavy atom. The maximum atomic E-state index is 13.2. The number of pyridine rings is 1. The molecule has 1 aliphatic rings. The van der Waals surface area contributed by atoms with Gasteiger partial charge in [0.25, 0.3) is 0 Å². The topological polar surface area (TPSA) is 74.2 Å². The summed E-state index contributed by atoms with van der Waals surface area (Å²) in [5, 5.41) is 3.30. The minimum absolute atomic E-state index is 0.149. The number of carbonyl (C=O) groups excluding carboxylic acids is 1. The van der Waals surface area contributed by atoms with Gasteiger partial charge in [0.2, 0.25) is 11.9 Å². The summed E-state index contributed by atoms with van der Waals surface area (Å²) in [4.78, 5) is 30.9. The van der Waals surface area contributed by atoms with E-state index in [9.17, 15) is 4.79 Å². The highest BCUT2D eigenvalue weighted by atomic mass is 32.2. The lowest BCUT2D eigenvalue weighted by Crippen LogP contribution is -2.53. The highest BCUT2D eigenvalue weighted by Crippen LogP contribution is 2.13. The van der Waals surface area contributed by atoms with E-state index >= 15 is 0 Å². The number of aromatic nitrogens is 3. The predicted molar refractivity (Wildman–Crippen MR) is 123 cm³/mol. The molecule has 0 saturated carbocycles. The number of piperazine rings is 1. The van der Waals surface area contributed by atoms with Crippen molar-refractivity contribution < 1.29 is 4.79 Å². The molecule has 0 aliphatic carbocycles. The summed E-state index contributed by atoms with van der Waals surface area (Å²) < 4.78 is 0. The molecule has 0 radical (unpaired) electrons. The van der Waals surface area contributed by atoms with Gasteiger partial charge >= 0.3 is 0 Å². The van der Waals surface area contributed by atoms with Crippen LogP contribution in [0.5, 0.6) is 0 Å². The quantitative estimate of drug-likeness (QED) is 0.657. The molecule has 2 aromatic rings. The van der Waals surface area contributed by atoms with Crippen LogP contribution >= 0.6 is 11.8 Å². The molecule has 2 aromatic heterocycles. The maximum Gasteiger partial charge on any atom is 0.245 e. The molecule has 1 N–H and O–H groups in total. The molecule has 1 saturated heterocycles. The van der Waals surface area contributed by atoms with Crippen LogP contribution in [-0.2, 0) is 11.2 Å². The van der Waals surface area contributed by atoms with E-state index in [0.29, 0.717) is 5.95 Å². The van der Waals surface area contributed by atoms with Crippen LogP contribution in [0.4, 0.5) is 5.95 Å². The van der Waals surface area contributed by atoms with Crippen molar-refractivity contribution in [3.8, 4) is 0 Å². The van der Waals surface area contributed by atoms with Gasteiger partial charge in [0.15, 0.2) is 0 Å². The fourth-order valence-corrected chi connectivity index (χ4v) is 4.14. The van der Waals surface area contributed by atoms with Crippen molar-refractivity contribution in [3.63, 3.8) is 0 Å². The van der Waals surface area contributed by atoms with Crippen LogP contribution in [0.2, 0.25) is 0 Å². The molecular weight excluding hydrogens is 396 g/mol. The van der Waals surface area contributed by atoms with Crippen molar-refractivity contribution in [2.24, 2.45) is 0 Å². The molecular formula is C22H32N6OS. The number of aryl methyl sites for hydroxylation is 2. The average Bonchev–Trinajstić information content (AvgIpc) is 2.75. The Kier molecular flexibility index (Phi) is 8.45. The van der Waals surface area contributed by atoms with E-state index in [-0.39, 0.29) is 11.9 Å². The van der Waals surface area contributed by atoms with Crippen LogP contribution in [0, 0.1) is 13.8 Å². The molecule has 8 heteroatoms. The first-order valence-corrected chi connectivity index (χ1v) is 11.9. The molecule has 30 heavy (non-hydrogen) atoms. The Bertz CT molecular complexity index is 790. The molecule has 1 atom stereocenters. The van der Waals surface area contributed by atoms with Crippen LogP contribution in [0.3, 0.4) is 0 Å². The van der Waals surface area contributed by atoms with Gasteiger partial charge in [0.1, 0.15) is 6.04 Å². The number of hydrogen-bond acceptors (Lipinski definition) is 7. The minimum atomic E-state index is -0.293. The van der Waals surface area contributed by atoms with Gasteiger partial charge in [-0.1, -0.05) is 6.07 Å². The van der Waals surface area contributed by atoms with Crippen LogP contribution in [-0.4, -0.2) is 81.4 Å². The molecule has 0 aromatic carbocycles. The lowest BCUT2D eigenvalue weighted by Gasteiger charge is -2.36. The second-order valence-electron chi connectivity index (χ2n) is 7.69. The Morgan fingerprint density at radius 1 is 1.17 bits per heavy atom. The fourth-order valence-electron chi connectivity index (χ4n) is 3.67. The summed E-state index contributed by atoms with van der Waals surface area (Å²) in [5.41, 5.74) is 2.93. The van der Waals surface area contributed by atoms with E-state index in [1.165, 1.54) is 0 Å². The van der Waals surface area contributed by atoms with Crippen LogP contribution in [0.25, 0.3) is 0 Å². The van der Waals surface area contributed by atoms with Gasteiger partial charge in [-0.3, -0.25) is 14.7 Å². The van der Waals surface area contributed by atoms with Crippen molar-refractivity contribution in [3.05, 3.63) is 47.5 Å². The average molecular weight is 429 g/mol. The molecule has 1 fully saturated rings. The molecule has 1 amide bonds. The molecule has 3 heterocycles. The Balaban J connectivity index is 1.54. The fraction of sp³-hybridized carbons (Fsp3) is 0.545. The van der Waals surface area contributed by atoms with Gasteiger partial charge in [-0.05, 0) is 50.5 Å². The van der Waals surface area contributed by atoms with Crippen molar-refractivity contribution in [1.29, 1.82) is 0 Å². The molecule has 1 aliphatic heterocycles. The van der Waals surface area contributed by atoms with Gasteiger partial charge in [0, 0.05) is 62.4 Å². The number of rotatable bonds is 9. The smallest absolute Gasteiger partial charge is 0.245 e. The molecule has 0 unspecified atom stereocenters. The molecule has 0 bridgehead atoms. The third-order valence-corrected chi connectivity index (χ3v) is 5.93. The maximum absolute atomic E-state index is 13.2. The van der Waals surface area contributed by atoms with Crippen LogP contribution in [0.1, 0.15) is 23.5 Å². The van der Waals surface area contributed by atoms with E-state index < -0.39 is 0 Å². The number of hydrogen-bond donors (Lipinski definition) is 1. The number of nitrogens with one attached hydrogen (secondary N) is 1. The van der Waals surface area contributed by atoms with Gasteiger partial charge < -0.3 is 10.2 Å². The van der Waals surface area contributed by atoms with Crippen molar-refractivity contribution >= 4 is 23.6 Å². The Hall–Kier alpha value is -2.19. The second-order valence-corrected chi connectivity index (χ2v) is 8.68. The van der Waals surface area contributed by atoms with Crippen molar-refractivity contribution in [1.82, 2.24) is 24.8 Å². The van der Waals surface area contributed by atoms with Crippen LogP contribution < -0.4 is 5.32 Å². The van der Waals surface area contributed by atoms with E-state index in [0.717, 1.165) is 68.4 Å². The molecule has 7 nitrogen and oxygen atoms in total. The SMILES string of the molecule is CSCC[C@@H](Nc1nc(C)cc(C)n1)C(=O)N1CCN(CCc2ccccn2)CC1. The lowest BCUT2D eigenvalue weighted by molar-refractivity contribution is -0.133. The second kappa shape index (κ2) is 11.3. The van der Waals surface area contributed by atoms with E-state index in [2.05, 4.69) is 37.5 Å². The van der Waals surface area contributed by atoms with Crippen molar-refractivity contribution in [2.75, 3.05) is 50.0 Å². The van der Waals surface area contributed by atoms with Gasteiger partial charge in [-0.25, -0.2) is 9.97 Å². The van der Waals surface area contributed by atoms with Gasteiger partial charge in [-0.2, -0.15) is 11.8 Å². The highest BCUT2D eigenvalue weighted by Gasteiger charge is 2.27. The summed E-state index contributed by atoms with van der Waals surface area (Å²) in [6.45, 7) is 8.18. The first kappa shape index (κ1) is 22.5. The number of carbonyl (C=O) groups is 1. The lowest BCUT2D eigenvalue weighted by atomic mass is 10.1. The van der Waals surface area contributed by atoms with Crippen molar-refractivity contribution in [2.45, 2.75) is 32.7 Å². The summed E-state index contributed by atoms with van der Waals surface area (Å²) in [7, 11) is 0. The number of anilines is 1. The molecule has 0 spiro atoms. The zero-order valence-electron chi connectivity index (χ0n) is 18.2. The van der Waals surface area contributed by atoms with Crippen LogP contribution in [0.15, 0.2) is 30.5 Å². The minimum Gasteiger partial charge on any atom is -0.342 e. The van der Waals surface area contributed by atoms with E-state index in [1.54, 1.807) is 11.8 Å². The summed E-state index contributed by atoms with van der Waals surface area (Å²) in [5.74, 6) is 1.61. The highest BCUT2D eigenvalue weighted by molar-refractivity contribution is 7.98. The Morgan fingerprint density at radius 2 is 1.90 bits per heavy atom. The normalized spacial score (nSPS) is 15.8. The zero-order valence-corrected chi connectivity index (χ0v) is 19.0. The third kappa shape index (κ3) is 6.67. The largest absolute Gasteiger partial charge is 0.342 e. The first-order chi connectivity index (χ1) is 14.5. The summed E-state index contributed by atoms with van der Waals surface area (Å²) >= 11 is 1.75. The summed E-state index contributed by atoms with van der Waals surface area (Å²) in [6, 6.07) is 7.68. The Labute approximate surface area is 183 Å².